The van der Waals surface area contributed by atoms with Gasteiger partial charge in [0.15, 0.2) is 0 Å². The Morgan fingerprint density at radius 3 is 2.24 bits per heavy atom. The second-order valence-corrected chi connectivity index (χ2v) is 6.48. The maximum absolute atomic E-state index is 12.7. The smallest absolute Gasteiger partial charge is 0.148 e. The van der Waals surface area contributed by atoms with E-state index in [-0.39, 0.29) is 5.78 Å². The molecule has 1 aliphatic rings. The van der Waals surface area contributed by atoms with Crippen molar-refractivity contribution in [3.63, 3.8) is 0 Å². The number of carbonyl (C=O) groups excluding carboxylic acids is 1. The van der Waals surface area contributed by atoms with Crippen LogP contribution in [0.3, 0.4) is 0 Å². The molecule has 0 N–H and O–H groups in total. The van der Waals surface area contributed by atoms with Gasteiger partial charge in [-0.1, -0.05) is 37.5 Å². The number of hydrogen-bond acceptors (Lipinski definition) is 2. The van der Waals surface area contributed by atoms with Crippen LogP contribution < -0.4 is 0 Å². The van der Waals surface area contributed by atoms with Crippen LogP contribution in [-0.2, 0) is 15.6 Å². The summed E-state index contributed by atoms with van der Waals surface area (Å²) in [6.07, 6.45) is 4.71. The van der Waals surface area contributed by atoms with E-state index in [4.69, 9.17) is 0 Å². The van der Waals surface area contributed by atoms with Gasteiger partial charge in [0.05, 0.1) is 10.8 Å². The van der Waals surface area contributed by atoms with Crippen molar-refractivity contribution in [2.45, 2.75) is 48.7 Å². The van der Waals surface area contributed by atoms with E-state index in [0.29, 0.717) is 0 Å². The number of Topliss-reactive ketones (excluding diaryl/α,β-unsaturated/α-hetero) is 1. The number of rotatable bonds is 3. The van der Waals surface area contributed by atoms with Gasteiger partial charge in [-0.15, -0.1) is 0 Å². The van der Waals surface area contributed by atoms with Gasteiger partial charge in [0.25, 0.3) is 0 Å². The first kappa shape index (κ1) is 12.5. The van der Waals surface area contributed by atoms with E-state index in [2.05, 4.69) is 0 Å². The number of carbonyl (C=O) groups is 1. The van der Waals surface area contributed by atoms with E-state index in [1.807, 2.05) is 30.3 Å². The first-order valence-corrected chi connectivity index (χ1v) is 7.30. The summed E-state index contributed by atoms with van der Waals surface area (Å²) < 4.78 is 12.0. The highest BCUT2D eigenvalue weighted by Crippen LogP contribution is 2.37. The third-order valence-corrected chi connectivity index (χ3v) is 5.72. The minimum absolute atomic E-state index is 0.0828. The van der Waals surface area contributed by atoms with E-state index in [0.717, 1.165) is 37.0 Å². The van der Waals surface area contributed by atoms with Crippen LogP contribution in [0.1, 0.15) is 39.0 Å². The van der Waals surface area contributed by atoms with E-state index < -0.39 is 15.5 Å². The Morgan fingerprint density at radius 1 is 1.12 bits per heavy atom. The first-order chi connectivity index (χ1) is 8.17. The van der Waals surface area contributed by atoms with Gasteiger partial charge in [0.1, 0.15) is 10.5 Å². The molecule has 0 aromatic heterocycles. The Kier molecular flexibility index (Phi) is 3.77. The SMILES string of the molecule is CC(=O)C1(S(=O)c2ccccc2)CCCCC1. The van der Waals surface area contributed by atoms with E-state index >= 15 is 0 Å². The molecule has 1 unspecified atom stereocenters. The lowest BCUT2D eigenvalue weighted by molar-refractivity contribution is -0.120. The van der Waals surface area contributed by atoms with E-state index in [1.165, 1.54) is 0 Å². The minimum Gasteiger partial charge on any atom is -0.298 e. The molecule has 0 amide bonds. The zero-order chi connectivity index (χ0) is 12.3. The highest BCUT2D eigenvalue weighted by Gasteiger charge is 2.43. The van der Waals surface area contributed by atoms with Crippen molar-refractivity contribution in [1.29, 1.82) is 0 Å². The molecule has 1 atom stereocenters. The zero-order valence-electron chi connectivity index (χ0n) is 10.1. The average Bonchev–Trinajstić information content (AvgIpc) is 2.39. The number of ketones is 1. The van der Waals surface area contributed by atoms with E-state index in [9.17, 15) is 9.00 Å². The van der Waals surface area contributed by atoms with Crippen LogP contribution in [0, 0.1) is 0 Å². The van der Waals surface area contributed by atoms with Crippen molar-refractivity contribution in [3.8, 4) is 0 Å². The molecule has 1 aromatic carbocycles. The Bertz CT molecular complexity index is 419. The molecule has 0 saturated heterocycles. The maximum atomic E-state index is 12.7. The van der Waals surface area contributed by atoms with Crippen LogP contribution in [0.5, 0.6) is 0 Å². The summed E-state index contributed by atoms with van der Waals surface area (Å²) in [7, 11) is -1.21. The van der Waals surface area contributed by atoms with Gasteiger partial charge in [0, 0.05) is 4.90 Å². The lowest BCUT2D eigenvalue weighted by Gasteiger charge is -2.33. The Hall–Kier alpha value is -0.960. The van der Waals surface area contributed by atoms with Crippen molar-refractivity contribution in [2.75, 3.05) is 0 Å². The lowest BCUT2D eigenvalue weighted by atomic mass is 9.86. The lowest BCUT2D eigenvalue weighted by Crippen LogP contribution is -2.43. The topological polar surface area (TPSA) is 34.1 Å². The van der Waals surface area contributed by atoms with E-state index in [1.54, 1.807) is 6.92 Å². The molecular formula is C14H18O2S. The highest BCUT2D eigenvalue weighted by molar-refractivity contribution is 7.87. The zero-order valence-corrected chi connectivity index (χ0v) is 11.0. The Balaban J connectivity index is 2.34. The fourth-order valence-corrected chi connectivity index (χ4v) is 4.34. The van der Waals surface area contributed by atoms with Crippen LogP contribution in [0.25, 0.3) is 0 Å². The number of hydrogen-bond donors (Lipinski definition) is 0. The Morgan fingerprint density at radius 2 is 1.71 bits per heavy atom. The van der Waals surface area contributed by atoms with Gasteiger partial charge in [-0.25, -0.2) is 0 Å². The second kappa shape index (κ2) is 5.13. The molecule has 0 bridgehead atoms. The molecule has 2 rings (SSSR count). The summed E-state index contributed by atoms with van der Waals surface area (Å²) in [6.45, 7) is 1.59. The molecule has 3 heteroatoms. The molecule has 1 fully saturated rings. The summed E-state index contributed by atoms with van der Waals surface area (Å²) in [5, 5.41) is 0. The van der Waals surface area contributed by atoms with Crippen LogP contribution in [-0.4, -0.2) is 14.7 Å². The molecule has 0 spiro atoms. The summed E-state index contributed by atoms with van der Waals surface area (Å²) >= 11 is 0. The second-order valence-electron chi connectivity index (χ2n) is 4.69. The molecule has 2 nitrogen and oxygen atoms in total. The molecule has 1 aliphatic carbocycles. The minimum atomic E-state index is -1.21. The van der Waals surface area contributed by atoms with Crippen LogP contribution in [0.4, 0.5) is 0 Å². The maximum Gasteiger partial charge on any atom is 0.148 e. The van der Waals surface area contributed by atoms with Crippen LogP contribution >= 0.6 is 0 Å². The number of benzene rings is 1. The first-order valence-electron chi connectivity index (χ1n) is 6.15. The summed E-state index contributed by atoms with van der Waals surface area (Å²) in [6, 6.07) is 9.38. The molecule has 1 saturated carbocycles. The van der Waals surface area contributed by atoms with Crippen molar-refractivity contribution in [1.82, 2.24) is 0 Å². The van der Waals surface area contributed by atoms with Gasteiger partial charge in [-0.05, 0) is 31.9 Å². The predicted octanol–water partition coefficient (Wildman–Crippen LogP) is 3.09. The Labute approximate surface area is 105 Å². The van der Waals surface area contributed by atoms with Crippen molar-refractivity contribution < 1.29 is 9.00 Å². The van der Waals surface area contributed by atoms with Gasteiger partial charge in [0.2, 0.25) is 0 Å². The van der Waals surface area contributed by atoms with Gasteiger partial charge < -0.3 is 0 Å². The molecule has 0 heterocycles. The largest absolute Gasteiger partial charge is 0.298 e. The van der Waals surface area contributed by atoms with Crippen molar-refractivity contribution in [2.24, 2.45) is 0 Å². The average molecular weight is 250 g/mol. The summed E-state index contributed by atoms with van der Waals surface area (Å²) in [4.78, 5) is 12.7. The quantitative estimate of drug-likeness (QED) is 0.826. The van der Waals surface area contributed by atoms with Crippen LogP contribution in [0.2, 0.25) is 0 Å². The fraction of sp³-hybridized carbons (Fsp3) is 0.500. The normalized spacial score (nSPS) is 20.8. The molecule has 17 heavy (non-hydrogen) atoms. The van der Waals surface area contributed by atoms with Gasteiger partial charge in [-0.2, -0.15) is 0 Å². The van der Waals surface area contributed by atoms with Gasteiger partial charge >= 0.3 is 0 Å². The predicted molar refractivity (Wildman–Crippen MR) is 69.3 cm³/mol. The molecular weight excluding hydrogens is 232 g/mol. The van der Waals surface area contributed by atoms with Gasteiger partial charge in [-0.3, -0.25) is 9.00 Å². The summed E-state index contributed by atoms with van der Waals surface area (Å²) in [5.41, 5.74) is 0. The highest BCUT2D eigenvalue weighted by atomic mass is 32.2. The molecule has 1 aromatic rings. The van der Waals surface area contributed by atoms with Crippen molar-refractivity contribution >= 4 is 16.6 Å². The summed E-state index contributed by atoms with van der Waals surface area (Å²) in [5.74, 6) is 0.0828. The monoisotopic (exact) mass is 250 g/mol. The molecule has 0 aliphatic heterocycles. The fourth-order valence-electron chi connectivity index (χ4n) is 2.56. The molecule has 0 radical (unpaired) electrons. The van der Waals surface area contributed by atoms with Crippen molar-refractivity contribution in [3.05, 3.63) is 30.3 Å². The third kappa shape index (κ3) is 2.34. The molecule has 92 valence electrons. The third-order valence-electron chi connectivity index (χ3n) is 3.62. The van der Waals surface area contributed by atoms with Crippen LogP contribution in [0.15, 0.2) is 35.2 Å². The standard InChI is InChI=1S/C14H18O2S/c1-12(15)14(10-6-3-7-11-14)17(16)13-8-4-2-5-9-13/h2,4-5,8-9H,3,6-7,10-11H2,1H3.